The standard InChI is InChI=1S/C22H40/c1-3-5-7-9-11-13-15-17-19-21-22-20-18-16-14-12-10-8-6-4-2/h3-6,15,17H,7-14,16,18-22H2,1-2H3. The number of allylic oxidation sites excluding steroid dienone is 6. The summed E-state index contributed by atoms with van der Waals surface area (Å²) in [6.07, 6.45) is 32.8. The first kappa shape index (κ1) is 21.2. The Morgan fingerprint density at radius 3 is 1.00 bits per heavy atom. The van der Waals surface area contributed by atoms with Crippen LogP contribution in [0.2, 0.25) is 0 Å². The number of hydrogen-bond donors (Lipinski definition) is 0. The van der Waals surface area contributed by atoms with Gasteiger partial charge in [0.05, 0.1) is 0 Å². The Labute approximate surface area is 140 Å². The van der Waals surface area contributed by atoms with Crippen LogP contribution in [0.25, 0.3) is 0 Å². The number of hydrogen-bond acceptors (Lipinski definition) is 0. The van der Waals surface area contributed by atoms with E-state index in [1.807, 2.05) is 0 Å². The molecule has 0 unspecified atom stereocenters. The largest absolute Gasteiger partial charge is 0.0917 e. The molecule has 0 amide bonds. The summed E-state index contributed by atoms with van der Waals surface area (Å²) in [6, 6.07) is 0. The third-order valence-corrected chi connectivity index (χ3v) is 4.12. The van der Waals surface area contributed by atoms with Crippen LogP contribution in [0.15, 0.2) is 36.5 Å². The first-order valence-electron chi connectivity index (χ1n) is 9.79. The fourth-order valence-corrected chi connectivity index (χ4v) is 2.68. The Morgan fingerprint density at radius 2 is 0.636 bits per heavy atom. The van der Waals surface area contributed by atoms with Crippen LogP contribution in [0.5, 0.6) is 0 Å². The van der Waals surface area contributed by atoms with Gasteiger partial charge in [0, 0.05) is 0 Å². The normalized spacial score (nSPS) is 12.3. The molecule has 0 aromatic rings. The van der Waals surface area contributed by atoms with Crippen LogP contribution < -0.4 is 0 Å². The van der Waals surface area contributed by atoms with Gasteiger partial charge in [-0.15, -0.1) is 0 Å². The van der Waals surface area contributed by atoms with E-state index in [1.165, 1.54) is 89.9 Å². The third kappa shape index (κ3) is 19.2. The summed E-state index contributed by atoms with van der Waals surface area (Å²) in [4.78, 5) is 0. The minimum Gasteiger partial charge on any atom is -0.0917 e. The summed E-state index contributed by atoms with van der Waals surface area (Å²) in [5.74, 6) is 0. The first-order chi connectivity index (χ1) is 10.9. The topological polar surface area (TPSA) is 0 Å². The molecule has 0 aliphatic rings. The smallest absolute Gasteiger partial charge is 0.0351 e. The van der Waals surface area contributed by atoms with Crippen LogP contribution in [0, 0.1) is 0 Å². The summed E-state index contributed by atoms with van der Waals surface area (Å²) in [6.45, 7) is 4.21. The Morgan fingerprint density at radius 1 is 0.364 bits per heavy atom. The maximum Gasteiger partial charge on any atom is -0.0351 e. The Bertz CT molecular complexity index is 270. The predicted molar refractivity (Wildman–Crippen MR) is 103 cm³/mol. The molecule has 0 spiro atoms. The maximum absolute atomic E-state index is 2.40. The zero-order valence-corrected chi connectivity index (χ0v) is 15.4. The van der Waals surface area contributed by atoms with Gasteiger partial charge in [0.2, 0.25) is 0 Å². The zero-order chi connectivity index (χ0) is 16.1. The second-order valence-corrected chi connectivity index (χ2v) is 6.30. The molecule has 0 saturated heterocycles. The van der Waals surface area contributed by atoms with Gasteiger partial charge in [-0.05, 0) is 65.2 Å². The minimum absolute atomic E-state index is 1.25. The number of rotatable bonds is 16. The molecule has 0 aromatic carbocycles. The van der Waals surface area contributed by atoms with E-state index in [2.05, 4.69) is 50.3 Å². The Hall–Kier alpha value is -0.780. The summed E-state index contributed by atoms with van der Waals surface area (Å²) in [7, 11) is 0. The van der Waals surface area contributed by atoms with Crippen molar-refractivity contribution in [3.05, 3.63) is 36.5 Å². The highest BCUT2D eigenvalue weighted by Crippen LogP contribution is 2.11. The van der Waals surface area contributed by atoms with Gasteiger partial charge in [-0.1, -0.05) is 75.0 Å². The number of unbranched alkanes of at least 4 members (excludes halogenated alkanes) is 12. The quantitative estimate of drug-likeness (QED) is 0.199. The van der Waals surface area contributed by atoms with Crippen LogP contribution >= 0.6 is 0 Å². The molecule has 0 radical (unpaired) electrons. The zero-order valence-electron chi connectivity index (χ0n) is 15.4. The van der Waals surface area contributed by atoms with Gasteiger partial charge in [-0.2, -0.15) is 0 Å². The second-order valence-electron chi connectivity index (χ2n) is 6.30. The lowest BCUT2D eigenvalue weighted by molar-refractivity contribution is 0.571. The van der Waals surface area contributed by atoms with E-state index in [0.29, 0.717) is 0 Å². The van der Waals surface area contributed by atoms with Crippen molar-refractivity contribution in [1.82, 2.24) is 0 Å². The van der Waals surface area contributed by atoms with E-state index in [1.54, 1.807) is 0 Å². The SMILES string of the molecule is CC=CCCCCC=CCCCCCCCCCCC=CC. The summed E-state index contributed by atoms with van der Waals surface area (Å²) < 4.78 is 0. The van der Waals surface area contributed by atoms with E-state index in [0.717, 1.165) is 0 Å². The lowest BCUT2D eigenvalue weighted by atomic mass is 10.1. The molecular weight excluding hydrogens is 264 g/mol. The van der Waals surface area contributed by atoms with E-state index in [4.69, 9.17) is 0 Å². The van der Waals surface area contributed by atoms with Gasteiger partial charge in [0.25, 0.3) is 0 Å². The van der Waals surface area contributed by atoms with Crippen LogP contribution in [0.3, 0.4) is 0 Å². The minimum atomic E-state index is 1.25. The Balaban J connectivity index is 3.07. The Kier molecular flexibility index (Phi) is 19.5. The van der Waals surface area contributed by atoms with Crippen LogP contribution in [0.1, 0.15) is 104 Å². The molecule has 0 aromatic heterocycles. The highest BCUT2D eigenvalue weighted by molar-refractivity contribution is 4.82. The molecule has 0 heteroatoms. The highest BCUT2D eigenvalue weighted by atomic mass is 14.0. The summed E-state index contributed by atoms with van der Waals surface area (Å²) in [5.41, 5.74) is 0. The van der Waals surface area contributed by atoms with E-state index in [9.17, 15) is 0 Å². The van der Waals surface area contributed by atoms with E-state index < -0.39 is 0 Å². The monoisotopic (exact) mass is 304 g/mol. The van der Waals surface area contributed by atoms with Crippen molar-refractivity contribution in [3.8, 4) is 0 Å². The second kappa shape index (κ2) is 20.2. The van der Waals surface area contributed by atoms with Gasteiger partial charge in [0.1, 0.15) is 0 Å². The van der Waals surface area contributed by atoms with Gasteiger partial charge < -0.3 is 0 Å². The average Bonchev–Trinajstić information content (AvgIpc) is 2.54. The van der Waals surface area contributed by atoms with E-state index in [-0.39, 0.29) is 0 Å². The van der Waals surface area contributed by atoms with Crippen LogP contribution in [0.4, 0.5) is 0 Å². The first-order valence-corrected chi connectivity index (χ1v) is 9.79. The molecule has 0 aliphatic carbocycles. The molecule has 0 saturated carbocycles. The van der Waals surface area contributed by atoms with Crippen molar-refractivity contribution in [1.29, 1.82) is 0 Å². The van der Waals surface area contributed by atoms with Crippen molar-refractivity contribution < 1.29 is 0 Å². The molecular formula is C22H40. The van der Waals surface area contributed by atoms with E-state index >= 15 is 0 Å². The van der Waals surface area contributed by atoms with Crippen molar-refractivity contribution in [2.45, 2.75) is 104 Å². The summed E-state index contributed by atoms with van der Waals surface area (Å²) in [5, 5.41) is 0. The summed E-state index contributed by atoms with van der Waals surface area (Å²) >= 11 is 0. The molecule has 0 aliphatic heterocycles. The van der Waals surface area contributed by atoms with Gasteiger partial charge in [-0.3, -0.25) is 0 Å². The average molecular weight is 305 g/mol. The van der Waals surface area contributed by atoms with Gasteiger partial charge in [0.15, 0.2) is 0 Å². The molecule has 0 rings (SSSR count). The molecule has 0 bridgehead atoms. The van der Waals surface area contributed by atoms with Crippen molar-refractivity contribution in [3.63, 3.8) is 0 Å². The molecule has 0 heterocycles. The lowest BCUT2D eigenvalue weighted by Crippen LogP contribution is -1.81. The molecule has 22 heavy (non-hydrogen) atoms. The fraction of sp³-hybridized carbons (Fsp3) is 0.727. The highest BCUT2D eigenvalue weighted by Gasteiger charge is 1.91. The predicted octanol–water partition coefficient (Wildman–Crippen LogP) is 8.16. The molecule has 0 fully saturated rings. The maximum atomic E-state index is 2.40. The van der Waals surface area contributed by atoms with Crippen LogP contribution in [-0.4, -0.2) is 0 Å². The van der Waals surface area contributed by atoms with Crippen molar-refractivity contribution in [2.75, 3.05) is 0 Å². The molecule has 0 nitrogen and oxygen atoms in total. The lowest BCUT2D eigenvalue weighted by Gasteiger charge is -2.00. The molecule has 0 N–H and O–H groups in total. The molecule has 128 valence electrons. The van der Waals surface area contributed by atoms with Crippen LogP contribution in [-0.2, 0) is 0 Å². The fourth-order valence-electron chi connectivity index (χ4n) is 2.68. The third-order valence-electron chi connectivity index (χ3n) is 4.12. The van der Waals surface area contributed by atoms with Crippen molar-refractivity contribution >= 4 is 0 Å². The van der Waals surface area contributed by atoms with Crippen molar-refractivity contribution in [2.24, 2.45) is 0 Å². The van der Waals surface area contributed by atoms with Gasteiger partial charge >= 0.3 is 0 Å². The molecule has 0 atom stereocenters. The van der Waals surface area contributed by atoms with Gasteiger partial charge in [-0.25, -0.2) is 0 Å².